The Bertz CT molecular complexity index is 600. The first-order chi connectivity index (χ1) is 9.76. The van der Waals surface area contributed by atoms with Crippen LogP contribution in [0.1, 0.15) is 34.7 Å². The maximum atomic E-state index is 12.1. The fourth-order valence-electron chi connectivity index (χ4n) is 2.07. The van der Waals surface area contributed by atoms with E-state index < -0.39 is 0 Å². The normalized spacial score (nSPS) is 15.1. The second-order valence-corrected chi connectivity index (χ2v) is 5.01. The van der Waals surface area contributed by atoms with E-state index in [0.717, 1.165) is 25.2 Å². The summed E-state index contributed by atoms with van der Waals surface area (Å²) in [4.78, 5) is 16.4. The lowest BCUT2D eigenvalue weighted by molar-refractivity contribution is 0.0987. The monoisotopic (exact) mass is 271 g/mol. The summed E-state index contributed by atoms with van der Waals surface area (Å²) < 4.78 is 1.76. The van der Waals surface area contributed by atoms with Crippen molar-refractivity contribution in [2.75, 3.05) is 13.1 Å². The number of hydrogen-bond donors (Lipinski definition) is 1. The number of nitrogens with one attached hydrogen (secondary N) is 1. The predicted octanol–water partition coefficient (Wildman–Crippen LogP) is 0.805. The van der Waals surface area contributed by atoms with Crippen LogP contribution in [-0.2, 0) is 12.8 Å². The molecule has 0 saturated carbocycles. The average molecular weight is 271 g/mol. The van der Waals surface area contributed by atoms with Crippen LogP contribution in [0.15, 0.2) is 24.5 Å². The molecule has 0 unspecified atom stereocenters. The summed E-state index contributed by atoms with van der Waals surface area (Å²) >= 11 is 0. The first kappa shape index (κ1) is 12.9. The van der Waals surface area contributed by atoms with Crippen molar-refractivity contribution in [3.05, 3.63) is 41.5 Å². The van der Waals surface area contributed by atoms with Gasteiger partial charge in [-0.3, -0.25) is 9.78 Å². The van der Waals surface area contributed by atoms with Crippen LogP contribution in [0.4, 0.5) is 0 Å². The molecule has 0 amide bonds. The van der Waals surface area contributed by atoms with Gasteiger partial charge < -0.3 is 5.32 Å². The summed E-state index contributed by atoms with van der Waals surface area (Å²) in [7, 11) is 0. The number of nitrogens with zero attached hydrogens (tertiary/aromatic N) is 4. The van der Waals surface area contributed by atoms with Gasteiger partial charge in [-0.2, -0.15) is 0 Å². The Labute approximate surface area is 117 Å². The molecular weight excluding hydrogens is 254 g/mol. The van der Waals surface area contributed by atoms with E-state index in [9.17, 15) is 4.79 Å². The number of hydrogen-bond acceptors (Lipinski definition) is 5. The molecule has 0 bridgehead atoms. The third kappa shape index (κ3) is 2.60. The van der Waals surface area contributed by atoms with Gasteiger partial charge in [0.05, 0.1) is 18.7 Å². The fraction of sp³-hybridized carbons (Fsp3) is 0.429. The van der Waals surface area contributed by atoms with E-state index in [4.69, 9.17) is 0 Å². The van der Waals surface area contributed by atoms with Gasteiger partial charge in [0.15, 0.2) is 5.78 Å². The number of aromatic nitrogens is 4. The maximum absolute atomic E-state index is 12.1. The van der Waals surface area contributed by atoms with E-state index in [1.165, 1.54) is 5.56 Å². The zero-order valence-corrected chi connectivity index (χ0v) is 11.4. The largest absolute Gasteiger partial charge is 0.312 e. The minimum absolute atomic E-state index is 0.0414. The van der Waals surface area contributed by atoms with E-state index in [0.29, 0.717) is 11.7 Å². The second kappa shape index (κ2) is 5.50. The van der Waals surface area contributed by atoms with E-state index in [1.807, 2.05) is 18.3 Å². The molecule has 1 fully saturated rings. The van der Waals surface area contributed by atoms with Gasteiger partial charge in [-0.15, -0.1) is 5.10 Å². The highest BCUT2D eigenvalue weighted by molar-refractivity contribution is 5.95. The SMILES string of the molecule is CCc1ccc(CC(=O)c2cn(C3CNC3)nn2)nc1. The van der Waals surface area contributed by atoms with Gasteiger partial charge in [0.1, 0.15) is 5.69 Å². The van der Waals surface area contributed by atoms with Gasteiger partial charge in [0.2, 0.25) is 0 Å². The molecule has 3 heterocycles. The Balaban J connectivity index is 1.67. The van der Waals surface area contributed by atoms with Crippen molar-refractivity contribution in [1.82, 2.24) is 25.3 Å². The lowest BCUT2D eigenvalue weighted by Crippen LogP contribution is -2.43. The minimum Gasteiger partial charge on any atom is -0.312 e. The van der Waals surface area contributed by atoms with E-state index in [-0.39, 0.29) is 12.2 Å². The molecule has 2 aromatic rings. The summed E-state index contributed by atoms with van der Waals surface area (Å²) in [5.41, 5.74) is 2.36. The fourth-order valence-corrected chi connectivity index (χ4v) is 2.07. The van der Waals surface area contributed by atoms with Crippen molar-refractivity contribution in [3.8, 4) is 0 Å². The highest BCUT2D eigenvalue weighted by atomic mass is 16.1. The van der Waals surface area contributed by atoms with Crippen LogP contribution >= 0.6 is 0 Å². The van der Waals surface area contributed by atoms with Crippen LogP contribution in [0.2, 0.25) is 0 Å². The van der Waals surface area contributed by atoms with Crippen LogP contribution in [0.3, 0.4) is 0 Å². The van der Waals surface area contributed by atoms with Gasteiger partial charge in [-0.25, -0.2) is 4.68 Å². The molecule has 0 spiro atoms. The number of aryl methyl sites for hydroxylation is 1. The van der Waals surface area contributed by atoms with Crippen LogP contribution in [0, 0.1) is 0 Å². The van der Waals surface area contributed by atoms with Crippen LogP contribution in [0.25, 0.3) is 0 Å². The third-order valence-corrected chi connectivity index (χ3v) is 3.57. The molecule has 0 aliphatic carbocycles. The van der Waals surface area contributed by atoms with E-state index in [1.54, 1.807) is 10.9 Å². The number of ketones is 1. The average Bonchev–Trinajstić information content (AvgIpc) is 2.87. The van der Waals surface area contributed by atoms with Gasteiger partial charge in [0.25, 0.3) is 0 Å². The highest BCUT2D eigenvalue weighted by Gasteiger charge is 2.21. The van der Waals surface area contributed by atoms with E-state index >= 15 is 0 Å². The topological polar surface area (TPSA) is 72.7 Å². The molecule has 20 heavy (non-hydrogen) atoms. The zero-order chi connectivity index (χ0) is 13.9. The van der Waals surface area contributed by atoms with Crippen LogP contribution < -0.4 is 5.32 Å². The maximum Gasteiger partial charge on any atom is 0.190 e. The summed E-state index contributed by atoms with van der Waals surface area (Å²) in [6, 6.07) is 4.23. The lowest BCUT2D eigenvalue weighted by Gasteiger charge is -2.26. The van der Waals surface area contributed by atoms with Crippen molar-refractivity contribution in [1.29, 1.82) is 0 Å². The summed E-state index contributed by atoms with van der Waals surface area (Å²) in [6.07, 6.45) is 4.77. The Morgan fingerprint density at radius 3 is 2.90 bits per heavy atom. The van der Waals surface area contributed by atoms with Gasteiger partial charge in [-0.05, 0) is 18.1 Å². The van der Waals surface area contributed by atoms with Crippen LogP contribution in [-0.4, -0.2) is 38.9 Å². The molecule has 1 aliphatic heterocycles. The molecule has 104 valence electrons. The molecule has 2 aromatic heterocycles. The molecule has 0 atom stereocenters. The first-order valence-electron chi connectivity index (χ1n) is 6.86. The molecule has 1 saturated heterocycles. The molecule has 6 heteroatoms. The number of carbonyl (C=O) groups is 1. The number of pyridine rings is 1. The lowest BCUT2D eigenvalue weighted by atomic mass is 10.1. The molecule has 1 N–H and O–H groups in total. The molecular formula is C14H17N5O. The Hall–Kier alpha value is -2.08. The second-order valence-electron chi connectivity index (χ2n) is 5.01. The predicted molar refractivity (Wildman–Crippen MR) is 73.6 cm³/mol. The quantitative estimate of drug-likeness (QED) is 0.815. The van der Waals surface area contributed by atoms with Crippen molar-refractivity contribution < 1.29 is 4.79 Å². The van der Waals surface area contributed by atoms with Crippen molar-refractivity contribution in [2.24, 2.45) is 0 Å². The number of rotatable bonds is 5. The first-order valence-corrected chi connectivity index (χ1v) is 6.86. The summed E-state index contributed by atoms with van der Waals surface area (Å²) in [5.74, 6) is -0.0414. The Morgan fingerprint density at radius 1 is 1.45 bits per heavy atom. The Kier molecular flexibility index (Phi) is 3.56. The number of carbonyl (C=O) groups excluding carboxylic acids is 1. The van der Waals surface area contributed by atoms with Gasteiger partial charge in [0, 0.05) is 25.0 Å². The molecule has 6 nitrogen and oxygen atoms in total. The van der Waals surface area contributed by atoms with Gasteiger partial charge in [-0.1, -0.05) is 18.2 Å². The highest BCUT2D eigenvalue weighted by Crippen LogP contribution is 2.11. The van der Waals surface area contributed by atoms with E-state index in [2.05, 4.69) is 27.5 Å². The zero-order valence-electron chi connectivity index (χ0n) is 11.4. The molecule has 3 rings (SSSR count). The van der Waals surface area contributed by atoms with Crippen molar-refractivity contribution in [3.63, 3.8) is 0 Å². The molecule has 0 aromatic carbocycles. The third-order valence-electron chi connectivity index (χ3n) is 3.57. The summed E-state index contributed by atoms with van der Waals surface area (Å²) in [5, 5.41) is 11.1. The molecule has 0 radical (unpaired) electrons. The number of Topliss-reactive ketones (excluding diaryl/α,β-unsaturated/α-hetero) is 1. The summed E-state index contributed by atoms with van der Waals surface area (Å²) in [6.45, 7) is 3.85. The standard InChI is InChI=1S/C14H17N5O/c1-2-10-3-4-11(16-6-10)5-14(20)13-9-19(18-17-13)12-7-15-8-12/h3-4,6,9,12,15H,2,5,7-8H2,1H3. The van der Waals surface area contributed by atoms with Crippen LogP contribution in [0.5, 0.6) is 0 Å². The smallest absolute Gasteiger partial charge is 0.190 e. The Morgan fingerprint density at radius 2 is 2.30 bits per heavy atom. The van der Waals surface area contributed by atoms with Gasteiger partial charge >= 0.3 is 0 Å². The minimum atomic E-state index is -0.0414. The molecule has 1 aliphatic rings. The van der Waals surface area contributed by atoms with Crippen molar-refractivity contribution in [2.45, 2.75) is 25.8 Å². The van der Waals surface area contributed by atoms with Crippen molar-refractivity contribution >= 4 is 5.78 Å².